The monoisotopic (exact) mass is 389 g/mol. The van der Waals surface area contributed by atoms with E-state index in [4.69, 9.17) is 9.15 Å². The van der Waals surface area contributed by atoms with E-state index >= 15 is 0 Å². The van der Waals surface area contributed by atoms with Crippen LogP contribution in [0.1, 0.15) is 5.56 Å². The molecule has 144 valence electrons. The van der Waals surface area contributed by atoms with Crippen molar-refractivity contribution >= 4 is 39.6 Å². The molecular weight excluding hydrogens is 373 g/mol. The average molecular weight is 389 g/mol. The third kappa shape index (κ3) is 3.73. The van der Waals surface area contributed by atoms with Crippen LogP contribution >= 0.6 is 0 Å². The number of para-hydroxylation sites is 1. The molecule has 0 aliphatic rings. The van der Waals surface area contributed by atoms with E-state index in [-0.39, 0.29) is 27.9 Å². The number of nitrogens with one attached hydrogen (secondary N) is 1. The minimum absolute atomic E-state index is 0.104. The Morgan fingerprint density at radius 3 is 2.62 bits per heavy atom. The maximum atomic E-state index is 14.0. The molecule has 0 radical (unpaired) electrons. The van der Waals surface area contributed by atoms with Gasteiger partial charge in [-0.1, -0.05) is 18.2 Å². The predicted octanol–water partition coefficient (Wildman–Crippen LogP) is 4.75. The standard InChI is InChI=1S/C23H16FNO4/c1-28-16-9-5-14(6-10-16)7-12-21(26)25-15-8-11-17-20(13-15)29-23-18(22(17)27)3-2-4-19(23)24/h2-13H,1H3,(H,25,26)/b12-7+. The van der Waals surface area contributed by atoms with Crippen molar-refractivity contribution in [2.24, 2.45) is 0 Å². The average Bonchev–Trinajstić information content (AvgIpc) is 2.73. The molecule has 5 nitrogen and oxygen atoms in total. The van der Waals surface area contributed by atoms with Crippen LogP contribution in [0.4, 0.5) is 10.1 Å². The van der Waals surface area contributed by atoms with Crippen LogP contribution < -0.4 is 15.5 Å². The molecule has 0 unspecified atom stereocenters. The Morgan fingerprint density at radius 2 is 1.86 bits per heavy atom. The molecule has 29 heavy (non-hydrogen) atoms. The number of anilines is 1. The van der Waals surface area contributed by atoms with Crippen molar-refractivity contribution in [2.75, 3.05) is 12.4 Å². The van der Waals surface area contributed by atoms with E-state index in [1.165, 1.54) is 30.3 Å². The number of carbonyl (C=O) groups excluding carboxylic acids is 1. The van der Waals surface area contributed by atoms with Gasteiger partial charge >= 0.3 is 0 Å². The van der Waals surface area contributed by atoms with Gasteiger partial charge < -0.3 is 14.5 Å². The molecule has 4 aromatic rings. The van der Waals surface area contributed by atoms with Crippen molar-refractivity contribution < 1.29 is 18.3 Å². The zero-order chi connectivity index (χ0) is 20.4. The van der Waals surface area contributed by atoms with Crippen molar-refractivity contribution in [3.8, 4) is 5.75 Å². The molecule has 1 N–H and O–H groups in total. The highest BCUT2D eigenvalue weighted by Gasteiger charge is 2.11. The number of fused-ring (bicyclic) bond motifs is 2. The van der Waals surface area contributed by atoms with Crippen LogP contribution in [0.5, 0.6) is 5.75 Å². The normalized spacial score (nSPS) is 11.2. The number of ether oxygens (including phenoxy) is 1. The smallest absolute Gasteiger partial charge is 0.248 e. The quantitative estimate of drug-likeness (QED) is 0.404. The van der Waals surface area contributed by atoms with Gasteiger partial charge in [-0.25, -0.2) is 4.39 Å². The summed E-state index contributed by atoms with van der Waals surface area (Å²) in [6, 6.07) is 16.1. The number of hydrogen-bond acceptors (Lipinski definition) is 4. The molecule has 0 spiro atoms. The molecule has 0 saturated heterocycles. The van der Waals surface area contributed by atoms with Crippen LogP contribution in [0.2, 0.25) is 0 Å². The first-order chi connectivity index (χ1) is 14.0. The van der Waals surface area contributed by atoms with E-state index in [9.17, 15) is 14.0 Å². The van der Waals surface area contributed by atoms with Crippen molar-refractivity contribution in [1.29, 1.82) is 0 Å². The van der Waals surface area contributed by atoms with Crippen LogP contribution in [0, 0.1) is 5.82 Å². The molecule has 1 heterocycles. The summed E-state index contributed by atoms with van der Waals surface area (Å²) in [6.45, 7) is 0. The summed E-state index contributed by atoms with van der Waals surface area (Å²) in [6.07, 6.45) is 3.06. The van der Waals surface area contributed by atoms with Crippen molar-refractivity contribution in [3.05, 3.63) is 88.3 Å². The second kappa shape index (κ2) is 7.59. The van der Waals surface area contributed by atoms with Crippen LogP contribution in [0.25, 0.3) is 28.0 Å². The van der Waals surface area contributed by atoms with Crippen molar-refractivity contribution in [1.82, 2.24) is 0 Å². The lowest BCUT2D eigenvalue weighted by Crippen LogP contribution is -2.08. The number of methoxy groups -OCH3 is 1. The molecule has 0 aliphatic carbocycles. The lowest BCUT2D eigenvalue weighted by molar-refractivity contribution is -0.111. The van der Waals surface area contributed by atoms with Gasteiger partial charge in [-0.05, 0) is 48.0 Å². The molecule has 3 aromatic carbocycles. The van der Waals surface area contributed by atoms with Crippen molar-refractivity contribution in [2.45, 2.75) is 0 Å². The van der Waals surface area contributed by atoms with Crippen LogP contribution in [0.3, 0.4) is 0 Å². The SMILES string of the molecule is COc1ccc(/C=C/C(=O)Nc2ccc3c(=O)c4cccc(F)c4oc3c2)cc1. The van der Waals surface area contributed by atoms with Gasteiger partial charge in [0.2, 0.25) is 11.3 Å². The zero-order valence-corrected chi connectivity index (χ0v) is 15.4. The van der Waals surface area contributed by atoms with Gasteiger partial charge in [0.05, 0.1) is 17.9 Å². The molecule has 0 atom stereocenters. The molecule has 0 bridgehead atoms. The highest BCUT2D eigenvalue weighted by Crippen LogP contribution is 2.23. The zero-order valence-electron chi connectivity index (χ0n) is 15.4. The second-order valence-corrected chi connectivity index (χ2v) is 6.35. The van der Waals surface area contributed by atoms with E-state index in [1.807, 2.05) is 12.1 Å². The van der Waals surface area contributed by atoms with E-state index in [1.54, 1.807) is 37.5 Å². The number of hydrogen-bond donors (Lipinski definition) is 1. The van der Waals surface area contributed by atoms with Crippen LogP contribution in [-0.4, -0.2) is 13.0 Å². The minimum atomic E-state index is -0.613. The summed E-state index contributed by atoms with van der Waals surface area (Å²) < 4.78 is 24.7. The fourth-order valence-electron chi connectivity index (χ4n) is 2.99. The number of carbonyl (C=O) groups is 1. The fourth-order valence-corrected chi connectivity index (χ4v) is 2.99. The highest BCUT2D eigenvalue weighted by molar-refractivity contribution is 6.03. The Morgan fingerprint density at radius 1 is 1.07 bits per heavy atom. The summed E-state index contributed by atoms with van der Waals surface area (Å²) in [5.74, 6) is -0.235. The van der Waals surface area contributed by atoms with Gasteiger partial charge in [0.15, 0.2) is 11.4 Å². The number of rotatable bonds is 4. The van der Waals surface area contributed by atoms with Crippen LogP contribution in [0.15, 0.2) is 76.0 Å². The Labute approximate surface area is 165 Å². The maximum Gasteiger partial charge on any atom is 0.248 e. The molecule has 4 rings (SSSR count). The second-order valence-electron chi connectivity index (χ2n) is 6.35. The first kappa shape index (κ1) is 18.4. The van der Waals surface area contributed by atoms with Gasteiger partial charge in [0.25, 0.3) is 0 Å². The van der Waals surface area contributed by atoms with E-state index in [0.717, 1.165) is 11.3 Å². The van der Waals surface area contributed by atoms with Gasteiger partial charge in [-0.2, -0.15) is 0 Å². The Bertz CT molecular complexity index is 1310. The largest absolute Gasteiger partial charge is 0.497 e. The van der Waals surface area contributed by atoms with Crippen LogP contribution in [-0.2, 0) is 4.79 Å². The van der Waals surface area contributed by atoms with E-state index < -0.39 is 5.82 Å². The molecular formula is C23H16FNO4. The summed E-state index contributed by atoms with van der Waals surface area (Å²) in [5, 5.41) is 3.19. The number of halogens is 1. The summed E-state index contributed by atoms with van der Waals surface area (Å²) in [4.78, 5) is 24.7. The summed E-state index contributed by atoms with van der Waals surface area (Å²) in [5.41, 5.74) is 1.04. The number of amides is 1. The Hall–Kier alpha value is -3.93. The van der Waals surface area contributed by atoms with Crippen molar-refractivity contribution in [3.63, 3.8) is 0 Å². The number of benzene rings is 3. The lowest BCUT2D eigenvalue weighted by atomic mass is 10.1. The molecule has 1 aromatic heterocycles. The molecule has 1 amide bonds. The van der Waals surface area contributed by atoms with E-state index in [2.05, 4.69) is 5.32 Å². The summed E-state index contributed by atoms with van der Waals surface area (Å²) in [7, 11) is 1.58. The fraction of sp³-hybridized carbons (Fsp3) is 0.0435. The van der Waals surface area contributed by atoms with E-state index in [0.29, 0.717) is 11.1 Å². The topological polar surface area (TPSA) is 68.5 Å². The third-order valence-corrected chi connectivity index (χ3v) is 4.46. The van der Waals surface area contributed by atoms with Gasteiger partial charge in [-0.15, -0.1) is 0 Å². The molecule has 0 aliphatic heterocycles. The van der Waals surface area contributed by atoms with Gasteiger partial charge in [-0.3, -0.25) is 9.59 Å². The first-order valence-corrected chi connectivity index (χ1v) is 8.83. The lowest BCUT2D eigenvalue weighted by Gasteiger charge is -2.06. The highest BCUT2D eigenvalue weighted by atomic mass is 19.1. The molecule has 0 fully saturated rings. The van der Waals surface area contributed by atoms with Gasteiger partial charge in [0, 0.05) is 17.8 Å². The van der Waals surface area contributed by atoms with Gasteiger partial charge in [0.1, 0.15) is 11.3 Å². The predicted molar refractivity (Wildman–Crippen MR) is 111 cm³/mol. The third-order valence-electron chi connectivity index (χ3n) is 4.46. The first-order valence-electron chi connectivity index (χ1n) is 8.83. The molecule has 6 heteroatoms. The Kier molecular flexibility index (Phi) is 4.83. The minimum Gasteiger partial charge on any atom is -0.497 e. The summed E-state index contributed by atoms with van der Waals surface area (Å²) >= 11 is 0. The molecule has 0 saturated carbocycles. The Balaban J connectivity index is 1.59. The maximum absolute atomic E-state index is 14.0.